The van der Waals surface area contributed by atoms with Gasteiger partial charge in [0, 0.05) is 17.3 Å². The summed E-state index contributed by atoms with van der Waals surface area (Å²) in [7, 11) is 0. The molecule has 29 heavy (non-hydrogen) atoms. The third kappa shape index (κ3) is 4.55. The van der Waals surface area contributed by atoms with Gasteiger partial charge in [0.2, 0.25) is 0 Å². The molecule has 11 heteroatoms. The van der Waals surface area contributed by atoms with Gasteiger partial charge in [-0.25, -0.2) is 4.79 Å². The minimum absolute atomic E-state index is 0.0767. The molecular weight excluding hydrogens is 388 g/mol. The summed E-state index contributed by atoms with van der Waals surface area (Å²) < 4.78 is 26.9. The SMILES string of the molecule is C=CC[C@H](c1cc(-c2c([N+](=O)[O-])cnn2C(F)F)ccn1)N(C(=O)O)C(C)(C)C. The number of hydrogen-bond donors (Lipinski definition) is 1. The van der Waals surface area contributed by atoms with Gasteiger partial charge in [-0.05, 0) is 39.3 Å². The summed E-state index contributed by atoms with van der Waals surface area (Å²) in [4.78, 5) is 27.7. The largest absolute Gasteiger partial charge is 0.465 e. The number of aromatic nitrogens is 3. The number of hydrogen-bond acceptors (Lipinski definition) is 5. The zero-order valence-corrected chi connectivity index (χ0v) is 16.1. The lowest BCUT2D eigenvalue weighted by Gasteiger charge is -2.39. The van der Waals surface area contributed by atoms with Gasteiger partial charge in [0.15, 0.2) is 5.69 Å². The van der Waals surface area contributed by atoms with E-state index in [1.807, 2.05) is 0 Å². The molecule has 1 amide bonds. The molecule has 0 fully saturated rings. The molecule has 0 bridgehead atoms. The van der Waals surface area contributed by atoms with Crippen LogP contribution in [0, 0.1) is 10.1 Å². The van der Waals surface area contributed by atoms with Crippen molar-refractivity contribution in [1.82, 2.24) is 19.7 Å². The molecule has 0 aliphatic heterocycles. The summed E-state index contributed by atoms with van der Waals surface area (Å²) in [6.07, 6.45) is 2.57. The number of nitro groups is 1. The van der Waals surface area contributed by atoms with Crippen molar-refractivity contribution in [2.75, 3.05) is 0 Å². The van der Waals surface area contributed by atoms with Crippen molar-refractivity contribution in [3.63, 3.8) is 0 Å². The average molecular weight is 409 g/mol. The highest BCUT2D eigenvalue weighted by atomic mass is 19.3. The second-order valence-corrected chi connectivity index (χ2v) is 7.19. The van der Waals surface area contributed by atoms with Crippen molar-refractivity contribution < 1.29 is 23.6 Å². The zero-order valence-electron chi connectivity index (χ0n) is 16.1. The lowest BCUT2D eigenvalue weighted by atomic mass is 9.98. The minimum Gasteiger partial charge on any atom is -0.465 e. The van der Waals surface area contributed by atoms with Crippen molar-refractivity contribution in [2.24, 2.45) is 0 Å². The van der Waals surface area contributed by atoms with Crippen LogP contribution in [-0.4, -0.2) is 41.3 Å². The van der Waals surface area contributed by atoms with Crippen LogP contribution in [0.25, 0.3) is 11.3 Å². The Morgan fingerprint density at radius 3 is 2.62 bits per heavy atom. The number of amides is 1. The number of carbonyl (C=O) groups is 1. The molecule has 0 saturated heterocycles. The van der Waals surface area contributed by atoms with Crippen LogP contribution in [0.4, 0.5) is 19.3 Å². The van der Waals surface area contributed by atoms with Crippen molar-refractivity contribution in [2.45, 2.75) is 45.3 Å². The van der Waals surface area contributed by atoms with Gasteiger partial charge in [-0.2, -0.15) is 18.6 Å². The topological polar surface area (TPSA) is 114 Å². The minimum atomic E-state index is -3.09. The lowest BCUT2D eigenvalue weighted by Crippen LogP contribution is -2.47. The Balaban J connectivity index is 2.66. The average Bonchev–Trinajstić information content (AvgIpc) is 3.05. The van der Waals surface area contributed by atoms with Crippen LogP contribution in [0.15, 0.2) is 37.2 Å². The van der Waals surface area contributed by atoms with E-state index in [0.29, 0.717) is 0 Å². The maximum Gasteiger partial charge on any atom is 0.408 e. The second kappa shape index (κ2) is 8.33. The quantitative estimate of drug-likeness (QED) is 0.405. The number of nitrogens with zero attached hydrogens (tertiary/aromatic N) is 5. The smallest absolute Gasteiger partial charge is 0.408 e. The first kappa shape index (κ1) is 21.9. The Bertz CT molecular complexity index is 923. The van der Waals surface area contributed by atoms with E-state index in [9.17, 15) is 28.8 Å². The lowest BCUT2D eigenvalue weighted by molar-refractivity contribution is -0.384. The highest BCUT2D eigenvalue weighted by molar-refractivity contribution is 5.70. The van der Waals surface area contributed by atoms with Crippen molar-refractivity contribution >= 4 is 11.8 Å². The van der Waals surface area contributed by atoms with Gasteiger partial charge in [0.25, 0.3) is 0 Å². The van der Waals surface area contributed by atoms with Crippen LogP contribution in [0.3, 0.4) is 0 Å². The van der Waals surface area contributed by atoms with E-state index in [2.05, 4.69) is 16.7 Å². The van der Waals surface area contributed by atoms with E-state index in [4.69, 9.17) is 0 Å². The Labute approximate surface area is 165 Å². The van der Waals surface area contributed by atoms with E-state index in [1.165, 1.54) is 29.3 Å². The van der Waals surface area contributed by atoms with E-state index >= 15 is 0 Å². The van der Waals surface area contributed by atoms with E-state index in [0.717, 1.165) is 6.20 Å². The number of halogens is 2. The summed E-state index contributed by atoms with van der Waals surface area (Å²) in [6.45, 7) is 5.67. The molecule has 156 valence electrons. The fourth-order valence-electron chi connectivity index (χ4n) is 3.10. The number of pyridine rings is 1. The molecule has 2 aromatic heterocycles. The fourth-order valence-corrected chi connectivity index (χ4v) is 3.10. The molecule has 0 aliphatic rings. The second-order valence-electron chi connectivity index (χ2n) is 7.19. The summed E-state index contributed by atoms with van der Waals surface area (Å²) in [5, 5.41) is 24.4. The summed E-state index contributed by atoms with van der Waals surface area (Å²) in [6, 6.07) is 1.92. The van der Waals surface area contributed by atoms with E-state index < -0.39 is 34.8 Å². The van der Waals surface area contributed by atoms with Crippen molar-refractivity contribution in [1.29, 1.82) is 0 Å². The summed E-state index contributed by atoms with van der Waals surface area (Å²) in [5.74, 6) is 0. The number of alkyl halides is 2. The predicted octanol–water partition coefficient (Wildman–Crippen LogP) is 4.64. The molecule has 1 N–H and O–H groups in total. The molecule has 9 nitrogen and oxygen atoms in total. The van der Waals surface area contributed by atoms with Crippen LogP contribution >= 0.6 is 0 Å². The zero-order chi connectivity index (χ0) is 21.9. The maximum atomic E-state index is 13.3. The van der Waals surface area contributed by atoms with Gasteiger partial charge >= 0.3 is 18.3 Å². The van der Waals surface area contributed by atoms with Crippen LogP contribution < -0.4 is 0 Å². The standard InChI is InChI=1S/C18H21F2N5O4/c1-5-6-13(23(17(26)27)18(2,3)4)12-9-11(7-8-21-12)15-14(25(28)29)10-22-24(15)16(19)20/h5,7-10,13,16H,1,6H2,2-4H3,(H,26,27)/t13-/m1/s1. The van der Waals surface area contributed by atoms with Crippen molar-refractivity contribution in [3.8, 4) is 11.3 Å². The molecule has 0 spiro atoms. The van der Waals surface area contributed by atoms with Crippen LogP contribution in [0.2, 0.25) is 0 Å². The molecule has 0 saturated carbocycles. The first-order chi connectivity index (χ1) is 13.5. The van der Waals surface area contributed by atoms with E-state index in [-0.39, 0.29) is 28.1 Å². The molecule has 1 atom stereocenters. The number of carboxylic acid groups (broad SMARTS) is 1. The Hall–Kier alpha value is -3.37. The third-order valence-corrected chi connectivity index (χ3v) is 4.18. The normalized spacial score (nSPS) is 12.6. The fraction of sp³-hybridized carbons (Fsp3) is 0.389. The van der Waals surface area contributed by atoms with Crippen LogP contribution in [0.1, 0.15) is 45.5 Å². The highest BCUT2D eigenvalue weighted by Crippen LogP contribution is 2.36. The van der Waals surface area contributed by atoms with Crippen LogP contribution in [-0.2, 0) is 0 Å². The highest BCUT2D eigenvalue weighted by Gasteiger charge is 2.35. The maximum absolute atomic E-state index is 13.3. The molecule has 0 radical (unpaired) electrons. The Morgan fingerprint density at radius 1 is 1.48 bits per heavy atom. The molecule has 2 rings (SSSR count). The molecule has 2 heterocycles. The van der Waals surface area contributed by atoms with Gasteiger partial charge in [0.1, 0.15) is 6.20 Å². The van der Waals surface area contributed by atoms with E-state index in [1.54, 1.807) is 20.8 Å². The molecule has 0 aliphatic carbocycles. The predicted molar refractivity (Wildman–Crippen MR) is 101 cm³/mol. The molecule has 0 aromatic carbocycles. The summed E-state index contributed by atoms with van der Waals surface area (Å²) in [5.41, 5.74) is -1.45. The van der Waals surface area contributed by atoms with Gasteiger partial charge in [-0.3, -0.25) is 20.0 Å². The third-order valence-electron chi connectivity index (χ3n) is 4.18. The van der Waals surface area contributed by atoms with Gasteiger partial charge in [0.05, 0.1) is 16.7 Å². The number of rotatable bonds is 7. The van der Waals surface area contributed by atoms with Gasteiger partial charge < -0.3 is 5.11 Å². The van der Waals surface area contributed by atoms with Crippen molar-refractivity contribution in [3.05, 3.63) is 53.0 Å². The van der Waals surface area contributed by atoms with Gasteiger partial charge in [-0.1, -0.05) is 6.08 Å². The molecular formula is C18H21F2N5O4. The Kier molecular flexibility index (Phi) is 6.30. The first-order valence-electron chi connectivity index (χ1n) is 8.58. The summed E-state index contributed by atoms with van der Waals surface area (Å²) >= 11 is 0. The Morgan fingerprint density at radius 2 is 2.14 bits per heavy atom. The van der Waals surface area contributed by atoms with Crippen LogP contribution in [0.5, 0.6) is 0 Å². The monoisotopic (exact) mass is 409 g/mol. The molecule has 0 unspecified atom stereocenters. The first-order valence-corrected chi connectivity index (χ1v) is 8.58. The van der Waals surface area contributed by atoms with Gasteiger partial charge in [-0.15, -0.1) is 6.58 Å². The molecule has 2 aromatic rings.